The lowest BCUT2D eigenvalue weighted by Crippen LogP contribution is -2.39. The van der Waals surface area contributed by atoms with Crippen molar-refractivity contribution < 1.29 is 4.79 Å². The Kier molecular flexibility index (Phi) is 5.35. The maximum Gasteiger partial charge on any atom is 0.236 e. The first kappa shape index (κ1) is 13.1. The molecule has 0 aliphatic rings. The number of nitrogens with two attached hydrogens (primary N) is 1. The van der Waals surface area contributed by atoms with E-state index >= 15 is 0 Å². The largest absolute Gasteiger partial charge is 0.354 e. The van der Waals surface area contributed by atoms with Crippen molar-refractivity contribution in [3.05, 3.63) is 29.8 Å². The van der Waals surface area contributed by atoms with Crippen LogP contribution in [-0.4, -0.2) is 24.2 Å². The number of carbonyl (C=O) groups excluding carboxylic acids is 1. The van der Waals surface area contributed by atoms with Crippen molar-refractivity contribution in [1.82, 2.24) is 5.32 Å². The van der Waals surface area contributed by atoms with E-state index in [4.69, 9.17) is 5.73 Å². The van der Waals surface area contributed by atoms with Crippen molar-refractivity contribution in [3.8, 4) is 0 Å². The highest BCUT2D eigenvalue weighted by molar-refractivity contribution is 7.99. The highest BCUT2D eigenvalue weighted by Crippen LogP contribution is 2.17. The quantitative estimate of drug-likeness (QED) is 0.604. The van der Waals surface area contributed by atoms with Crippen LogP contribution in [0.5, 0.6) is 0 Å². The van der Waals surface area contributed by atoms with E-state index in [1.54, 1.807) is 18.7 Å². The fourth-order valence-electron chi connectivity index (χ4n) is 1.14. The summed E-state index contributed by atoms with van der Waals surface area (Å²) >= 11 is 1.73. The SMILES string of the molecule is Cc1ccc(SCCNC(=O)C(C)N)cc1. The Morgan fingerprint density at radius 2 is 2.06 bits per heavy atom. The Morgan fingerprint density at radius 1 is 1.44 bits per heavy atom. The van der Waals surface area contributed by atoms with Crippen molar-refractivity contribution in [2.45, 2.75) is 24.8 Å². The fourth-order valence-corrected chi connectivity index (χ4v) is 1.91. The van der Waals surface area contributed by atoms with Crippen LogP contribution in [0.15, 0.2) is 29.2 Å². The molecule has 1 atom stereocenters. The monoisotopic (exact) mass is 238 g/mol. The van der Waals surface area contributed by atoms with Gasteiger partial charge in [-0.1, -0.05) is 17.7 Å². The lowest BCUT2D eigenvalue weighted by molar-refractivity contribution is -0.121. The van der Waals surface area contributed by atoms with Crippen LogP contribution in [-0.2, 0) is 4.79 Å². The van der Waals surface area contributed by atoms with Gasteiger partial charge in [0.1, 0.15) is 0 Å². The zero-order valence-corrected chi connectivity index (χ0v) is 10.5. The molecule has 88 valence electrons. The first-order chi connectivity index (χ1) is 7.59. The molecule has 3 nitrogen and oxygen atoms in total. The topological polar surface area (TPSA) is 55.1 Å². The van der Waals surface area contributed by atoms with Crippen LogP contribution in [0.3, 0.4) is 0 Å². The number of amides is 1. The zero-order valence-electron chi connectivity index (χ0n) is 9.69. The predicted molar refractivity (Wildman–Crippen MR) is 68.6 cm³/mol. The van der Waals surface area contributed by atoms with Gasteiger partial charge >= 0.3 is 0 Å². The van der Waals surface area contributed by atoms with Gasteiger partial charge in [0, 0.05) is 17.2 Å². The molecule has 16 heavy (non-hydrogen) atoms. The van der Waals surface area contributed by atoms with Crippen LogP contribution in [0.4, 0.5) is 0 Å². The van der Waals surface area contributed by atoms with Gasteiger partial charge in [-0.15, -0.1) is 11.8 Å². The summed E-state index contributed by atoms with van der Waals surface area (Å²) in [5, 5.41) is 2.78. The molecule has 0 spiro atoms. The third kappa shape index (κ3) is 4.68. The smallest absolute Gasteiger partial charge is 0.236 e. The number of thioether (sulfide) groups is 1. The van der Waals surface area contributed by atoms with E-state index in [2.05, 4.69) is 36.5 Å². The minimum Gasteiger partial charge on any atom is -0.354 e. The summed E-state index contributed by atoms with van der Waals surface area (Å²) in [4.78, 5) is 12.4. The maximum atomic E-state index is 11.2. The summed E-state index contributed by atoms with van der Waals surface area (Å²) in [6, 6.07) is 7.93. The Bertz CT molecular complexity index is 335. The first-order valence-corrected chi connectivity index (χ1v) is 6.31. The molecule has 0 heterocycles. The van der Waals surface area contributed by atoms with Crippen molar-refractivity contribution in [1.29, 1.82) is 0 Å². The number of nitrogens with one attached hydrogen (secondary N) is 1. The van der Waals surface area contributed by atoms with Gasteiger partial charge in [0.05, 0.1) is 6.04 Å². The van der Waals surface area contributed by atoms with E-state index in [1.807, 2.05) is 0 Å². The molecule has 0 radical (unpaired) electrons. The fraction of sp³-hybridized carbons (Fsp3) is 0.417. The summed E-state index contributed by atoms with van der Waals surface area (Å²) in [6.45, 7) is 4.40. The minimum absolute atomic E-state index is 0.0930. The second-order valence-electron chi connectivity index (χ2n) is 3.74. The highest BCUT2D eigenvalue weighted by atomic mass is 32.2. The molecule has 0 bridgehead atoms. The van der Waals surface area contributed by atoms with Gasteiger partial charge in [0.15, 0.2) is 0 Å². The van der Waals surface area contributed by atoms with E-state index < -0.39 is 6.04 Å². The second-order valence-corrected chi connectivity index (χ2v) is 4.91. The number of hydrogen-bond donors (Lipinski definition) is 2. The molecule has 1 aromatic rings. The van der Waals surface area contributed by atoms with E-state index in [0.717, 1.165) is 5.75 Å². The average molecular weight is 238 g/mol. The normalized spacial score (nSPS) is 12.2. The minimum atomic E-state index is -0.427. The van der Waals surface area contributed by atoms with Crippen LogP contribution in [0, 0.1) is 6.92 Å². The molecule has 0 aromatic heterocycles. The van der Waals surface area contributed by atoms with Crippen LogP contribution < -0.4 is 11.1 Å². The average Bonchev–Trinajstić information content (AvgIpc) is 2.26. The van der Waals surface area contributed by atoms with Gasteiger partial charge < -0.3 is 11.1 Å². The van der Waals surface area contributed by atoms with Crippen LogP contribution >= 0.6 is 11.8 Å². The maximum absolute atomic E-state index is 11.2. The van der Waals surface area contributed by atoms with Crippen molar-refractivity contribution >= 4 is 17.7 Å². The molecule has 1 amide bonds. The van der Waals surface area contributed by atoms with Crippen molar-refractivity contribution in [2.24, 2.45) is 5.73 Å². The molecule has 1 rings (SSSR count). The lowest BCUT2D eigenvalue weighted by atomic mass is 10.2. The Balaban J connectivity index is 2.21. The molecule has 3 N–H and O–H groups in total. The van der Waals surface area contributed by atoms with Crippen LogP contribution in [0.2, 0.25) is 0 Å². The summed E-state index contributed by atoms with van der Waals surface area (Å²) in [5.74, 6) is 0.770. The van der Waals surface area contributed by atoms with Gasteiger partial charge in [-0.2, -0.15) is 0 Å². The molecule has 0 aliphatic carbocycles. The molecule has 0 saturated carbocycles. The highest BCUT2D eigenvalue weighted by Gasteiger charge is 2.05. The summed E-state index contributed by atoms with van der Waals surface area (Å²) < 4.78 is 0. The standard InChI is InChI=1S/C12H18N2OS/c1-9-3-5-11(6-4-9)16-8-7-14-12(15)10(2)13/h3-6,10H,7-8,13H2,1-2H3,(H,14,15). The Morgan fingerprint density at radius 3 is 2.62 bits per heavy atom. The summed E-state index contributed by atoms with van der Waals surface area (Å²) in [5.41, 5.74) is 6.69. The number of carbonyl (C=O) groups is 1. The third-order valence-electron chi connectivity index (χ3n) is 2.10. The third-order valence-corrected chi connectivity index (χ3v) is 3.12. The predicted octanol–water partition coefficient (Wildman–Crippen LogP) is 1.55. The first-order valence-electron chi connectivity index (χ1n) is 5.32. The van der Waals surface area contributed by atoms with Gasteiger partial charge in [-0.25, -0.2) is 0 Å². The molecule has 0 fully saturated rings. The molecular weight excluding hydrogens is 220 g/mol. The second kappa shape index (κ2) is 6.55. The molecule has 4 heteroatoms. The zero-order chi connectivity index (χ0) is 12.0. The van der Waals surface area contributed by atoms with E-state index in [9.17, 15) is 4.79 Å². The van der Waals surface area contributed by atoms with E-state index in [0.29, 0.717) is 6.54 Å². The van der Waals surface area contributed by atoms with Gasteiger partial charge in [0.25, 0.3) is 0 Å². The van der Waals surface area contributed by atoms with Crippen LogP contribution in [0.1, 0.15) is 12.5 Å². The molecule has 0 aliphatic heterocycles. The number of hydrogen-bond acceptors (Lipinski definition) is 3. The Labute approximate surface area is 101 Å². The van der Waals surface area contributed by atoms with Crippen molar-refractivity contribution in [3.63, 3.8) is 0 Å². The van der Waals surface area contributed by atoms with E-state index in [1.165, 1.54) is 10.5 Å². The van der Waals surface area contributed by atoms with Crippen molar-refractivity contribution in [2.75, 3.05) is 12.3 Å². The molecule has 0 saturated heterocycles. The van der Waals surface area contributed by atoms with Gasteiger partial charge in [-0.3, -0.25) is 4.79 Å². The number of aryl methyl sites for hydroxylation is 1. The summed E-state index contributed by atoms with van der Waals surface area (Å²) in [7, 11) is 0. The van der Waals surface area contributed by atoms with E-state index in [-0.39, 0.29) is 5.91 Å². The van der Waals surface area contributed by atoms with Crippen LogP contribution in [0.25, 0.3) is 0 Å². The summed E-state index contributed by atoms with van der Waals surface area (Å²) in [6.07, 6.45) is 0. The molecule has 1 aromatic carbocycles. The van der Waals surface area contributed by atoms with Gasteiger partial charge in [0.2, 0.25) is 5.91 Å². The molecular formula is C12H18N2OS. The number of rotatable bonds is 5. The Hall–Kier alpha value is -1.00. The lowest BCUT2D eigenvalue weighted by Gasteiger charge is -2.07. The van der Waals surface area contributed by atoms with Gasteiger partial charge in [-0.05, 0) is 26.0 Å². The molecule has 1 unspecified atom stereocenters. The number of benzene rings is 1.